The third-order valence-corrected chi connectivity index (χ3v) is 5.86. The molecule has 0 heterocycles. The van der Waals surface area contributed by atoms with Gasteiger partial charge in [0.25, 0.3) is 0 Å². The third-order valence-electron chi connectivity index (χ3n) is 1.70. The molecule has 0 amide bonds. The summed E-state index contributed by atoms with van der Waals surface area (Å²) in [5.41, 5.74) is 0. The van der Waals surface area contributed by atoms with E-state index < -0.39 is 14.3 Å². The SMILES string of the molecule is CN(CP(C)(C)=S)[Si](C)(C)C. The summed E-state index contributed by atoms with van der Waals surface area (Å²) in [7, 11) is 1.13. The van der Waals surface area contributed by atoms with E-state index in [2.05, 4.69) is 44.6 Å². The van der Waals surface area contributed by atoms with Crippen LogP contribution in [-0.2, 0) is 11.8 Å². The summed E-state index contributed by atoms with van der Waals surface area (Å²) in [6.45, 7) is 11.5. The smallest absolute Gasteiger partial charge is 0.119 e. The molecule has 0 atom stereocenters. The second-order valence-corrected chi connectivity index (χ2v) is 16.1. The van der Waals surface area contributed by atoms with Gasteiger partial charge >= 0.3 is 0 Å². The fraction of sp³-hybridized carbons (Fsp3) is 1.00. The average Bonchev–Trinajstić information content (AvgIpc) is 1.56. The zero-order valence-electron chi connectivity index (χ0n) is 8.51. The van der Waals surface area contributed by atoms with Gasteiger partial charge in [-0.2, -0.15) is 0 Å². The van der Waals surface area contributed by atoms with Crippen LogP contribution >= 0.6 is 6.04 Å². The molecule has 0 aromatic heterocycles. The minimum atomic E-state index is -1.08. The number of nitrogens with zero attached hydrogens (tertiary/aromatic N) is 1. The highest BCUT2D eigenvalue weighted by Gasteiger charge is 2.21. The van der Waals surface area contributed by atoms with Crippen molar-refractivity contribution in [1.29, 1.82) is 0 Å². The van der Waals surface area contributed by atoms with Gasteiger partial charge in [-0.3, -0.25) is 0 Å². The standard InChI is InChI=1S/C7H20NPSSi/c1-8(11(4,5)6)7-9(2,3)10/h7H2,1-6H3. The lowest BCUT2D eigenvalue weighted by molar-refractivity contribution is 0.599. The van der Waals surface area contributed by atoms with Crippen LogP contribution in [0.1, 0.15) is 0 Å². The number of hydrogen-bond acceptors (Lipinski definition) is 2. The molecule has 0 radical (unpaired) electrons. The van der Waals surface area contributed by atoms with Gasteiger partial charge in [0.2, 0.25) is 0 Å². The van der Waals surface area contributed by atoms with Crippen molar-refractivity contribution in [1.82, 2.24) is 4.57 Å². The van der Waals surface area contributed by atoms with Crippen molar-refractivity contribution >= 4 is 26.1 Å². The quantitative estimate of drug-likeness (QED) is 0.519. The maximum absolute atomic E-state index is 5.42. The lowest BCUT2D eigenvalue weighted by atomic mass is 11.2. The molecule has 0 saturated carbocycles. The minimum Gasteiger partial charge on any atom is -0.322 e. The van der Waals surface area contributed by atoms with Crippen molar-refractivity contribution in [2.75, 3.05) is 26.7 Å². The zero-order valence-corrected chi connectivity index (χ0v) is 11.2. The Bertz CT molecular complexity index is 170. The summed E-state index contributed by atoms with van der Waals surface area (Å²) in [5, 5.41) is 0. The van der Waals surface area contributed by atoms with Crippen molar-refractivity contribution in [2.24, 2.45) is 0 Å². The van der Waals surface area contributed by atoms with Crippen LogP contribution in [0.25, 0.3) is 0 Å². The Balaban J connectivity index is 4.10. The molecule has 0 saturated heterocycles. The molecule has 0 N–H and O–H groups in total. The summed E-state index contributed by atoms with van der Waals surface area (Å²) in [5.74, 6) is 0. The van der Waals surface area contributed by atoms with Crippen molar-refractivity contribution in [3.05, 3.63) is 0 Å². The maximum Gasteiger partial charge on any atom is 0.119 e. The Kier molecular flexibility index (Phi) is 3.97. The molecule has 0 unspecified atom stereocenters. The first kappa shape index (κ1) is 11.8. The van der Waals surface area contributed by atoms with E-state index in [0.29, 0.717) is 0 Å². The topological polar surface area (TPSA) is 3.24 Å². The Morgan fingerprint density at radius 3 is 1.73 bits per heavy atom. The van der Waals surface area contributed by atoms with Crippen LogP contribution in [0.2, 0.25) is 19.6 Å². The molecule has 0 aliphatic rings. The fourth-order valence-corrected chi connectivity index (χ4v) is 5.33. The largest absolute Gasteiger partial charge is 0.322 e. The molecule has 4 heteroatoms. The van der Waals surface area contributed by atoms with Gasteiger partial charge in [0.05, 0.1) is 0 Å². The average molecular weight is 209 g/mol. The van der Waals surface area contributed by atoms with Crippen LogP contribution in [0.15, 0.2) is 0 Å². The number of rotatable bonds is 3. The van der Waals surface area contributed by atoms with E-state index in [1.165, 1.54) is 0 Å². The zero-order chi connectivity index (χ0) is 9.28. The van der Waals surface area contributed by atoms with Crippen LogP contribution in [0, 0.1) is 0 Å². The van der Waals surface area contributed by atoms with Crippen LogP contribution in [0.5, 0.6) is 0 Å². The minimum absolute atomic E-state index is 1.02. The van der Waals surface area contributed by atoms with E-state index in [9.17, 15) is 0 Å². The van der Waals surface area contributed by atoms with Crippen LogP contribution in [-0.4, -0.2) is 39.5 Å². The van der Waals surface area contributed by atoms with Gasteiger partial charge in [0, 0.05) is 6.29 Å². The molecule has 0 aliphatic carbocycles. The molecular formula is C7H20NPSSi. The normalized spacial score (nSPS) is 14.1. The fourth-order valence-electron chi connectivity index (χ4n) is 0.723. The highest BCUT2D eigenvalue weighted by atomic mass is 32.4. The van der Waals surface area contributed by atoms with E-state index in [-0.39, 0.29) is 0 Å². The molecule has 0 fully saturated rings. The molecular weight excluding hydrogens is 189 g/mol. The van der Waals surface area contributed by atoms with E-state index in [0.717, 1.165) is 6.29 Å². The van der Waals surface area contributed by atoms with E-state index in [1.807, 2.05) is 0 Å². The first-order chi connectivity index (χ1) is 4.63. The Hall–Kier alpha value is 0.827. The van der Waals surface area contributed by atoms with Crippen molar-refractivity contribution in [3.8, 4) is 0 Å². The molecule has 1 nitrogen and oxygen atoms in total. The van der Waals surface area contributed by atoms with Gasteiger partial charge in [0.1, 0.15) is 8.24 Å². The predicted octanol–water partition coefficient (Wildman–Crippen LogP) is 2.45. The molecule has 0 aliphatic heterocycles. The first-order valence-electron chi connectivity index (χ1n) is 3.88. The van der Waals surface area contributed by atoms with E-state index in [1.54, 1.807) is 0 Å². The molecule has 0 rings (SSSR count). The summed E-state index contributed by atoms with van der Waals surface area (Å²) in [6.07, 6.45) is 1.14. The van der Waals surface area contributed by atoms with E-state index in [4.69, 9.17) is 11.8 Å². The summed E-state index contributed by atoms with van der Waals surface area (Å²) in [4.78, 5) is 0. The van der Waals surface area contributed by atoms with Gasteiger partial charge < -0.3 is 4.57 Å². The Labute approximate surface area is 77.3 Å². The summed E-state index contributed by atoms with van der Waals surface area (Å²) < 4.78 is 2.48. The second-order valence-electron chi connectivity index (χ2n) is 4.58. The molecule has 0 aromatic rings. The first-order valence-corrected chi connectivity index (χ1v) is 11.2. The van der Waals surface area contributed by atoms with Gasteiger partial charge in [-0.05, 0) is 26.4 Å². The molecule has 0 spiro atoms. The molecule has 11 heavy (non-hydrogen) atoms. The second kappa shape index (κ2) is 3.69. The van der Waals surface area contributed by atoms with Crippen molar-refractivity contribution < 1.29 is 0 Å². The van der Waals surface area contributed by atoms with Gasteiger partial charge in [-0.1, -0.05) is 31.4 Å². The van der Waals surface area contributed by atoms with Crippen molar-refractivity contribution in [3.63, 3.8) is 0 Å². The van der Waals surface area contributed by atoms with Crippen LogP contribution < -0.4 is 0 Å². The highest BCUT2D eigenvalue weighted by molar-refractivity contribution is 8.13. The monoisotopic (exact) mass is 209 g/mol. The lowest BCUT2D eigenvalue weighted by Crippen LogP contribution is -2.43. The molecule has 0 aromatic carbocycles. The lowest BCUT2D eigenvalue weighted by Gasteiger charge is -2.32. The molecule has 0 bridgehead atoms. The van der Waals surface area contributed by atoms with E-state index >= 15 is 0 Å². The van der Waals surface area contributed by atoms with Gasteiger partial charge in [-0.25, -0.2) is 0 Å². The number of hydrogen-bond donors (Lipinski definition) is 0. The summed E-state index contributed by atoms with van der Waals surface area (Å²) >= 11 is 5.42. The molecule has 68 valence electrons. The maximum atomic E-state index is 5.42. The highest BCUT2D eigenvalue weighted by Crippen LogP contribution is 2.37. The third kappa shape index (κ3) is 6.03. The summed E-state index contributed by atoms with van der Waals surface area (Å²) in [6, 6.07) is -1.02. The van der Waals surface area contributed by atoms with Crippen LogP contribution in [0.4, 0.5) is 0 Å². The van der Waals surface area contributed by atoms with Gasteiger partial charge in [0.15, 0.2) is 0 Å². The van der Waals surface area contributed by atoms with Gasteiger partial charge in [-0.15, -0.1) is 0 Å². The van der Waals surface area contributed by atoms with Crippen molar-refractivity contribution in [2.45, 2.75) is 19.6 Å². The predicted molar refractivity (Wildman–Crippen MR) is 62.1 cm³/mol. The van der Waals surface area contributed by atoms with Crippen LogP contribution in [0.3, 0.4) is 0 Å². The Morgan fingerprint density at radius 1 is 1.27 bits per heavy atom. The Morgan fingerprint density at radius 2 is 1.64 bits per heavy atom.